The number of rotatable bonds is 33. The van der Waals surface area contributed by atoms with E-state index in [2.05, 4.69) is 26.6 Å². The van der Waals surface area contributed by atoms with E-state index >= 15 is 0 Å². The van der Waals surface area contributed by atoms with Crippen LogP contribution in [0, 0.1) is 0 Å². The molecule has 0 aromatic rings. The van der Waals surface area contributed by atoms with Gasteiger partial charge in [0.1, 0.15) is 177 Å². The number of aliphatic hydroxyl groups excluding tert-OH is 22. The molecule has 0 aromatic heterocycles. The Hall–Kier alpha value is -4.62. The Morgan fingerprint density at radius 2 is 0.872 bits per heavy atom. The minimum Gasteiger partial charge on any atom is -0.477 e. The van der Waals surface area contributed by atoms with Crippen LogP contribution in [0.25, 0.3) is 0 Å². The maximum Gasteiger partial charge on any atom is 0.364 e. The number of nitrogens with one attached hydrogen (secondary N) is 5. The third-order valence-corrected chi connectivity index (χ3v) is 19.2. The van der Waals surface area contributed by atoms with E-state index in [1.54, 1.807) is 0 Å². The molecule has 0 unspecified atom stereocenters. The lowest BCUT2D eigenvalue weighted by Crippen LogP contribution is -2.72. The molecule has 109 heavy (non-hydrogen) atoms. The Morgan fingerprint density at radius 3 is 1.36 bits per heavy atom. The number of carbonyl (C=O) groups is 6. The molecule has 7 aliphatic heterocycles. The minimum atomic E-state index is -3.43. The molecular weight excluding hydrogens is 1490 g/mol. The molecule has 28 N–H and O–H groups in total. The molecule has 48 heteroatoms. The Kier molecular flexibility index (Phi) is 33.7. The number of amides is 5. The number of carbonyl (C=O) groups excluding carboxylic acids is 5. The first kappa shape index (κ1) is 91.6. The van der Waals surface area contributed by atoms with Crippen LogP contribution in [0.5, 0.6) is 0 Å². The summed E-state index contributed by atoms with van der Waals surface area (Å²) in [7, 11) is 0. The first-order valence-corrected chi connectivity index (χ1v) is 34.5. The van der Waals surface area contributed by atoms with Gasteiger partial charge >= 0.3 is 5.97 Å². The van der Waals surface area contributed by atoms with Gasteiger partial charge in [-0.15, -0.1) is 0 Å². The van der Waals surface area contributed by atoms with E-state index in [1.807, 2.05) is 0 Å². The van der Waals surface area contributed by atoms with Gasteiger partial charge in [0.25, 0.3) is 5.79 Å². The van der Waals surface area contributed by atoms with Crippen LogP contribution in [0.1, 0.15) is 48.0 Å². The highest BCUT2D eigenvalue weighted by molar-refractivity contribution is 5.77. The number of aliphatic hydroxyl groups is 22. The number of hydrogen-bond donors (Lipinski definition) is 28. The molecule has 0 saturated carbocycles. The maximum absolute atomic E-state index is 13.7. The molecule has 5 amide bonds. The SMILES string of the molecule is CC(=O)N[C@H]1[C@H](OC[C@@H](O)[C@H](O)[C@H](O[C@@H]2O[C@H](CO)[C@H](O)[C@H](O[C@H]3O[C@H](CO)[C@H](O)[C@H](O)[C@H]3NC(C)=O)[C@H]2O[C@@H]2O[C@@H](C)[C@@H](O)[C@@H](O)[C@@H]2O)[C@H](CO)NC(C)=O)O[C@H](CO)[C@@H](O[C@@H]2O[C@H](CO)[C@H](O[C@@H]3O[C@H](CO)[C@H](O)[C@H](O)[C@H]3NC(C)=O)[C@H](O[C@]3(C(=O)O)C[C@H](O)[C@@H](NC(C)=O)[C@H]([C@H](O)[C@H](O)CO)O3)[C@H]2O)[C@@H]1O. The fourth-order valence-electron chi connectivity index (χ4n) is 13.6. The van der Waals surface area contributed by atoms with Crippen LogP contribution in [0.3, 0.4) is 0 Å². The lowest BCUT2D eigenvalue weighted by atomic mass is 9.88. The van der Waals surface area contributed by atoms with Gasteiger partial charge in [-0.1, -0.05) is 0 Å². The van der Waals surface area contributed by atoms with Gasteiger partial charge in [-0.2, -0.15) is 0 Å². The van der Waals surface area contributed by atoms with E-state index in [1.165, 1.54) is 6.92 Å². The summed E-state index contributed by atoms with van der Waals surface area (Å²) in [5.41, 5.74) is 0. The van der Waals surface area contributed by atoms with Gasteiger partial charge in [-0.05, 0) is 6.92 Å². The van der Waals surface area contributed by atoms with Gasteiger partial charge in [0.2, 0.25) is 29.5 Å². The predicted molar refractivity (Wildman–Crippen MR) is 340 cm³/mol. The molecular formula is C61H103N5O43. The molecule has 40 atom stereocenters. The molecule has 7 rings (SSSR count). The molecule has 0 bridgehead atoms. The van der Waals surface area contributed by atoms with E-state index in [9.17, 15) is 146 Å². The highest BCUT2D eigenvalue weighted by atomic mass is 16.8. The van der Waals surface area contributed by atoms with Crippen molar-refractivity contribution < 1.29 is 213 Å². The van der Waals surface area contributed by atoms with Crippen molar-refractivity contribution in [2.45, 2.75) is 293 Å². The van der Waals surface area contributed by atoms with Gasteiger partial charge < -0.3 is 210 Å². The van der Waals surface area contributed by atoms with E-state index in [0.29, 0.717) is 0 Å². The van der Waals surface area contributed by atoms with Crippen molar-refractivity contribution in [3.05, 3.63) is 0 Å². The second-order valence-electron chi connectivity index (χ2n) is 27.3. The normalized spacial score (nSPS) is 43.1. The third-order valence-electron chi connectivity index (χ3n) is 19.2. The minimum absolute atomic E-state index is 0.860. The smallest absolute Gasteiger partial charge is 0.364 e. The van der Waals surface area contributed by atoms with Crippen molar-refractivity contribution in [1.29, 1.82) is 0 Å². The summed E-state index contributed by atoms with van der Waals surface area (Å²) in [5.74, 6) is -10.3. The van der Waals surface area contributed by atoms with Gasteiger partial charge in [-0.3, -0.25) is 24.0 Å². The Morgan fingerprint density at radius 1 is 0.431 bits per heavy atom. The van der Waals surface area contributed by atoms with Crippen LogP contribution in [0.4, 0.5) is 0 Å². The lowest BCUT2D eigenvalue weighted by Gasteiger charge is -2.52. The molecule has 630 valence electrons. The molecule has 7 heterocycles. The van der Waals surface area contributed by atoms with E-state index in [-0.39, 0.29) is 0 Å². The van der Waals surface area contributed by atoms with Crippen LogP contribution in [-0.2, 0) is 95.1 Å². The van der Waals surface area contributed by atoms with E-state index in [0.717, 1.165) is 34.6 Å². The van der Waals surface area contributed by atoms with Crippen LogP contribution in [0.2, 0.25) is 0 Å². The summed E-state index contributed by atoms with van der Waals surface area (Å²) in [6, 6.07) is -9.32. The summed E-state index contributed by atoms with van der Waals surface area (Å²) < 4.78 is 83.4. The molecule has 7 saturated heterocycles. The molecule has 7 fully saturated rings. The summed E-state index contributed by atoms with van der Waals surface area (Å²) in [5, 5.41) is 267. The second kappa shape index (κ2) is 40.1. The second-order valence-corrected chi connectivity index (χ2v) is 27.3. The van der Waals surface area contributed by atoms with Gasteiger partial charge in [-0.25, -0.2) is 4.79 Å². The lowest BCUT2D eigenvalue weighted by molar-refractivity contribution is -0.398. The quantitative estimate of drug-likeness (QED) is 0.0290. The zero-order valence-corrected chi connectivity index (χ0v) is 59.3. The molecule has 0 spiro atoms. The fourth-order valence-corrected chi connectivity index (χ4v) is 13.6. The number of carboxylic acids is 1. The average Bonchev–Trinajstić information content (AvgIpc) is 0.748. The summed E-state index contributed by atoms with van der Waals surface area (Å²) >= 11 is 0. The van der Waals surface area contributed by atoms with Crippen molar-refractivity contribution >= 4 is 35.5 Å². The first-order valence-electron chi connectivity index (χ1n) is 34.5. The average molecular weight is 1590 g/mol. The number of carboxylic acid groups (broad SMARTS) is 1. The Labute approximate surface area is 618 Å². The van der Waals surface area contributed by atoms with Gasteiger partial charge in [0, 0.05) is 41.0 Å². The van der Waals surface area contributed by atoms with Crippen molar-refractivity contribution in [2.24, 2.45) is 0 Å². The monoisotopic (exact) mass is 1590 g/mol. The standard InChI is InChI=1S/C61H103N5O43/c1-16-35(82)44(91)45(92)57(97-16)107-53-51(106-56-33(65-20(5)77)42(89)39(86)27(11-70)99-56)40(87)28(12-71)100-59(53)103-47(22(8-67)62-17(2)74)37(84)25(81)15-96-54-34(66-21(6)78)43(90)48(29(13-72)101-54)104-58-46(93)52(49(30(14-73)102-58)105-55-32(64-19(4)76)41(88)38(85)26(10-69)98-55)109-61(60(94)95)7-23(79)31(63-18(3)75)50(108-61)36(83)24(80)9-68/h16,22-59,67-73,79-93H,7-15H2,1-6H3,(H,62,74)(H,63,75)(H,64,76)(H,65,77)(H,66,78)(H,94,95)/t16-,22-,23-,24+,25+,26+,27+,28+,29+,30+,31+,32+,33+,34+,35+,36+,37-,38-,39-,40-,41+,42+,43+,44+,45-,46+,47+,48+,49-,50+,51-,52+,53+,54+,55-,56+,57-,58-,59-,61-/m0/s1. The summed E-state index contributed by atoms with van der Waals surface area (Å²) in [6.45, 7) is -3.58. The maximum atomic E-state index is 13.7. The zero-order valence-electron chi connectivity index (χ0n) is 59.3. The zero-order chi connectivity index (χ0) is 81.3. The van der Waals surface area contributed by atoms with E-state index in [4.69, 9.17) is 66.3 Å². The van der Waals surface area contributed by atoms with Crippen molar-refractivity contribution in [3.63, 3.8) is 0 Å². The Bertz CT molecular complexity index is 2930. The van der Waals surface area contributed by atoms with Crippen LogP contribution >= 0.6 is 0 Å². The molecule has 0 aliphatic carbocycles. The van der Waals surface area contributed by atoms with E-state index < -0.39 is 339 Å². The predicted octanol–water partition coefficient (Wildman–Crippen LogP) is -17.9. The van der Waals surface area contributed by atoms with Crippen LogP contribution in [-0.4, -0.2) is 450 Å². The molecule has 0 radical (unpaired) electrons. The molecule has 48 nitrogen and oxygen atoms in total. The Balaban J connectivity index is 1.22. The first-order chi connectivity index (χ1) is 51.3. The number of hydrogen-bond acceptors (Lipinski definition) is 42. The largest absolute Gasteiger partial charge is 0.477 e. The number of ether oxygens (including phenoxy) is 14. The van der Waals surface area contributed by atoms with Crippen molar-refractivity contribution in [1.82, 2.24) is 26.6 Å². The van der Waals surface area contributed by atoms with Crippen LogP contribution in [0.15, 0.2) is 0 Å². The summed E-state index contributed by atoms with van der Waals surface area (Å²) in [4.78, 5) is 76.9. The highest BCUT2D eigenvalue weighted by Gasteiger charge is 2.63. The van der Waals surface area contributed by atoms with Crippen LogP contribution < -0.4 is 26.6 Å². The van der Waals surface area contributed by atoms with Gasteiger partial charge in [0.05, 0.1) is 77.1 Å². The number of aliphatic carboxylic acids is 1. The van der Waals surface area contributed by atoms with Crippen molar-refractivity contribution in [3.8, 4) is 0 Å². The molecule has 7 aliphatic rings. The highest BCUT2D eigenvalue weighted by Crippen LogP contribution is 2.42. The third kappa shape index (κ3) is 21.3. The fraction of sp³-hybridized carbons (Fsp3) is 0.902. The summed E-state index contributed by atoms with van der Waals surface area (Å²) in [6.07, 6.45) is -73.9. The van der Waals surface area contributed by atoms with Gasteiger partial charge in [0.15, 0.2) is 37.7 Å². The molecule has 0 aromatic carbocycles. The topological polar surface area (TPSA) is 757 Å². The van der Waals surface area contributed by atoms with Crippen molar-refractivity contribution in [2.75, 3.05) is 52.9 Å².